The summed E-state index contributed by atoms with van der Waals surface area (Å²) in [4.78, 5) is 28.5. The van der Waals surface area contributed by atoms with Crippen LogP contribution in [0.15, 0.2) is 42.0 Å². The summed E-state index contributed by atoms with van der Waals surface area (Å²) in [7, 11) is 1.55. The van der Waals surface area contributed by atoms with Crippen LogP contribution in [0.25, 0.3) is 5.76 Å². The van der Waals surface area contributed by atoms with Crippen LogP contribution in [0.4, 0.5) is 0 Å². The second-order valence-electron chi connectivity index (χ2n) is 12.3. The van der Waals surface area contributed by atoms with E-state index >= 15 is 0 Å². The van der Waals surface area contributed by atoms with E-state index in [2.05, 4.69) is 0 Å². The molecule has 7 heteroatoms. The van der Waals surface area contributed by atoms with Gasteiger partial charge in [-0.05, 0) is 76.8 Å². The van der Waals surface area contributed by atoms with Crippen LogP contribution in [0.5, 0.6) is 11.5 Å². The number of phenolic OH excluding ortho intramolecular Hbond substituents is 1. The van der Waals surface area contributed by atoms with Gasteiger partial charge in [-0.3, -0.25) is 9.59 Å². The summed E-state index contributed by atoms with van der Waals surface area (Å²) >= 11 is 0. The van der Waals surface area contributed by atoms with E-state index in [0.29, 0.717) is 34.6 Å². The van der Waals surface area contributed by atoms with E-state index in [-0.39, 0.29) is 29.7 Å². The van der Waals surface area contributed by atoms with Crippen molar-refractivity contribution in [3.05, 3.63) is 64.2 Å². The summed E-state index contributed by atoms with van der Waals surface area (Å²) in [6, 6.07) is 9.62. The number of hydrogen-bond acceptors (Lipinski definition) is 6. The Balaban J connectivity index is 1.97. The number of phenols is 1. The van der Waals surface area contributed by atoms with Gasteiger partial charge in [0.1, 0.15) is 17.3 Å². The summed E-state index contributed by atoms with van der Waals surface area (Å²) < 4.78 is 11.1. The molecule has 2 heterocycles. The van der Waals surface area contributed by atoms with Gasteiger partial charge in [0.25, 0.3) is 11.7 Å². The number of benzene rings is 2. The summed E-state index contributed by atoms with van der Waals surface area (Å²) in [5.41, 5.74) is 1.73. The van der Waals surface area contributed by atoms with Gasteiger partial charge in [0.05, 0.1) is 24.8 Å². The minimum absolute atomic E-state index is 0.0311. The first kappa shape index (κ1) is 27.7. The second kappa shape index (κ2) is 10.1. The number of rotatable bonds is 5. The molecule has 7 nitrogen and oxygen atoms in total. The molecule has 38 heavy (non-hydrogen) atoms. The lowest BCUT2D eigenvalue weighted by Crippen LogP contribution is -2.36. The van der Waals surface area contributed by atoms with Crippen molar-refractivity contribution < 1.29 is 29.3 Å². The Labute approximate surface area is 225 Å². The third-order valence-electron chi connectivity index (χ3n) is 7.39. The SMILES string of the molecule is COc1ccc(/C(O)=C2\C(=O)C(=O)N(CC3CCCO3)C2c2cc(C(C)(C)C)c(O)c(C(C)(C)C)c2)cc1. The fraction of sp³-hybridized carbons (Fsp3) is 0.484. The highest BCUT2D eigenvalue weighted by atomic mass is 16.5. The number of nitrogens with zero attached hydrogens (tertiary/aromatic N) is 1. The zero-order chi connectivity index (χ0) is 28.0. The van der Waals surface area contributed by atoms with E-state index in [9.17, 15) is 19.8 Å². The molecule has 0 bridgehead atoms. The van der Waals surface area contributed by atoms with Crippen molar-refractivity contribution in [3.8, 4) is 11.5 Å². The molecular formula is C31H39NO6. The number of ketones is 1. The van der Waals surface area contributed by atoms with Crippen LogP contribution < -0.4 is 4.74 Å². The lowest BCUT2D eigenvalue weighted by Gasteiger charge is -2.32. The minimum atomic E-state index is -0.830. The van der Waals surface area contributed by atoms with E-state index in [1.807, 2.05) is 53.7 Å². The normalized spacial score (nSPS) is 21.8. The first-order valence-corrected chi connectivity index (χ1v) is 13.2. The molecule has 2 saturated heterocycles. The number of hydrogen-bond donors (Lipinski definition) is 2. The van der Waals surface area contributed by atoms with Gasteiger partial charge in [-0.1, -0.05) is 41.5 Å². The molecule has 0 aromatic heterocycles. The Hall–Kier alpha value is -3.32. The Kier molecular flexibility index (Phi) is 7.36. The van der Waals surface area contributed by atoms with Gasteiger partial charge in [0.2, 0.25) is 0 Å². The third kappa shape index (κ3) is 5.17. The van der Waals surface area contributed by atoms with Crippen molar-refractivity contribution in [2.75, 3.05) is 20.3 Å². The molecule has 1 amide bonds. The zero-order valence-corrected chi connectivity index (χ0v) is 23.4. The van der Waals surface area contributed by atoms with Crippen molar-refractivity contribution in [2.45, 2.75) is 77.4 Å². The number of amides is 1. The zero-order valence-electron chi connectivity index (χ0n) is 23.4. The highest BCUT2D eigenvalue weighted by Crippen LogP contribution is 2.46. The van der Waals surface area contributed by atoms with Gasteiger partial charge in [-0.25, -0.2) is 0 Å². The maximum Gasteiger partial charge on any atom is 0.295 e. The molecule has 2 aliphatic rings. The average molecular weight is 522 g/mol. The van der Waals surface area contributed by atoms with Crippen LogP contribution in [0.3, 0.4) is 0 Å². The number of aliphatic hydroxyl groups excluding tert-OH is 1. The summed E-state index contributed by atoms with van der Waals surface area (Å²) in [6.07, 6.45) is 1.51. The van der Waals surface area contributed by atoms with E-state index < -0.39 is 28.6 Å². The van der Waals surface area contributed by atoms with Crippen LogP contribution >= 0.6 is 0 Å². The van der Waals surface area contributed by atoms with Crippen molar-refractivity contribution in [1.82, 2.24) is 4.90 Å². The topological polar surface area (TPSA) is 96.3 Å². The lowest BCUT2D eigenvalue weighted by molar-refractivity contribution is -0.140. The molecule has 2 N–H and O–H groups in total. The van der Waals surface area contributed by atoms with Crippen LogP contribution in [-0.2, 0) is 25.2 Å². The standard InChI is InChI=1S/C31H39NO6/c1-30(2,3)22-15-19(16-23(27(22)34)31(4,5)6)25-24(26(33)18-10-12-20(37-7)13-11-18)28(35)29(36)32(25)17-21-9-8-14-38-21/h10-13,15-16,21,25,33-34H,8-9,14,17H2,1-7H3/b26-24+. The molecule has 0 aliphatic carbocycles. The van der Waals surface area contributed by atoms with Crippen molar-refractivity contribution in [3.63, 3.8) is 0 Å². The smallest absolute Gasteiger partial charge is 0.295 e. The molecule has 2 aromatic carbocycles. The maximum absolute atomic E-state index is 13.5. The van der Waals surface area contributed by atoms with Gasteiger partial charge in [-0.15, -0.1) is 0 Å². The molecule has 0 spiro atoms. The number of methoxy groups -OCH3 is 1. The first-order chi connectivity index (χ1) is 17.7. The van der Waals surface area contributed by atoms with E-state index in [1.165, 1.54) is 4.90 Å². The number of ether oxygens (including phenoxy) is 2. The average Bonchev–Trinajstić information content (AvgIpc) is 3.45. The predicted molar refractivity (Wildman–Crippen MR) is 146 cm³/mol. The Morgan fingerprint density at radius 2 is 1.61 bits per heavy atom. The third-order valence-corrected chi connectivity index (χ3v) is 7.39. The fourth-order valence-electron chi connectivity index (χ4n) is 5.29. The number of carbonyl (C=O) groups excluding carboxylic acids is 2. The number of Topliss-reactive ketones (excluding diaryl/α,β-unsaturated/α-hetero) is 1. The van der Waals surface area contributed by atoms with E-state index in [0.717, 1.165) is 12.8 Å². The van der Waals surface area contributed by atoms with Gasteiger partial charge >= 0.3 is 0 Å². The van der Waals surface area contributed by atoms with Gasteiger partial charge in [-0.2, -0.15) is 0 Å². The highest BCUT2D eigenvalue weighted by Gasteiger charge is 2.47. The second-order valence-corrected chi connectivity index (χ2v) is 12.3. The highest BCUT2D eigenvalue weighted by molar-refractivity contribution is 6.46. The molecule has 2 unspecified atom stereocenters. The molecule has 204 valence electrons. The molecular weight excluding hydrogens is 482 g/mol. The molecule has 2 aliphatic heterocycles. The minimum Gasteiger partial charge on any atom is -0.507 e. The summed E-state index contributed by atoms with van der Waals surface area (Å²) in [5.74, 6) is -0.819. The molecule has 2 atom stereocenters. The first-order valence-electron chi connectivity index (χ1n) is 13.2. The van der Waals surface area contributed by atoms with E-state index in [4.69, 9.17) is 9.47 Å². The quantitative estimate of drug-likeness (QED) is 0.302. The van der Waals surface area contributed by atoms with Crippen LogP contribution in [0.1, 0.15) is 82.7 Å². The number of aromatic hydroxyl groups is 1. The van der Waals surface area contributed by atoms with Gasteiger partial charge in [0.15, 0.2) is 0 Å². The molecule has 0 radical (unpaired) electrons. The lowest BCUT2D eigenvalue weighted by atomic mass is 9.77. The molecule has 0 saturated carbocycles. The molecule has 2 fully saturated rings. The van der Waals surface area contributed by atoms with Crippen molar-refractivity contribution in [1.29, 1.82) is 0 Å². The summed E-state index contributed by atoms with van der Waals surface area (Å²) in [5, 5.41) is 22.7. The van der Waals surface area contributed by atoms with Gasteiger partial charge < -0.3 is 24.6 Å². The summed E-state index contributed by atoms with van der Waals surface area (Å²) in [6.45, 7) is 12.9. The number of likely N-dealkylation sites (tertiary alicyclic amines) is 1. The number of aliphatic hydroxyl groups is 1. The van der Waals surface area contributed by atoms with Crippen LogP contribution in [-0.4, -0.2) is 53.2 Å². The largest absolute Gasteiger partial charge is 0.507 e. The Morgan fingerprint density at radius 1 is 1.03 bits per heavy atom. The monoisotopic (exact) mass is 521 g/mol. The number of carbonyl (C=O) groups is 2. The maximum atomic E-state index is 13.5. The van der Waals surface area contributed by atoms with Crippen LogP contribution in [0, 0.1) is 0 Å². The predicted octanol–water partition coefficient (Wildman–Crippen LogP) is 5.60. The molecule has 2 aromatic rings. The molecule has 4 rings (SSSR count). The van der Waals surface area contributed by atoms with E-state index in [1.54, 1.807) is 31.4 Å². The Bertz CT molecular complexity index is 1220. The van der Waals surface area contributed by atoms with Crippen LogP contribution in [0.2, 0.25) is 0 Å². The van der Waals surface area contributed by atoms with Crippen molar-refractivity contribution >= 4 is 17.4 Å². The van der Waals surface area contributed by atoms with Crippen molar-refractivity contribution in [2.24, 2.45) is 0 Å². The Morgan fingerprint density at radius 3 is 2.08 bits per heavy atom. The fourth-order valence-corrected chi connectivity index (χ4v) is 5.29. The van der Waals surface area contributed by atoms with Gasteiger partial charge in [0, 0.05) is 18.7 Å².